The highest BCUT2D eigenvalue weighted by atomic mass is 32.2. The highest BCUT2D eigenvalue weighted by Gasteiger charge is 2.17. The van der Waals surface area contributed by atoms with Gasteiger partial charge in [0.1, 0.15) is 5.03 Å². The van der Waals surface area contributed by atoms with Crippen LogP contribution < -0.4 is 5.32 Å². The quantitative estimate of drug-likeness (QED) is 0.129. The molecule has 0 radical (unpaired) electrons. The molecule has 2 aromatic rings. The summed E-state index contributed by atoms with van der Waals surface area (Å²) >= 11 is 3.23. The lowest BCUT2D eigenvalue weighted by atomic mass is 10.1. The fourth-order valence-corrected chi connectivity index (χ4v) is 4.61. The van der Waals surface area contributed by atoms with Crippen LogP contribution >= 0.6 is 23.1 Å². The Labute approximate surface area is 210 Å². The summed E-state index contributed by atoms with van der Waals surface area (Å²) in [6, 6.07) is 7.79. The Morgan fingerprint density at radius 3 is 2.26 bits per heavy atom. The molecule has 0 amide bonds. The molecule has 0 aliphatic rings. The molecule has 0 aromatic carbocycles. The van der Waals surface area contributed by atoms with E-state index in [9.17, 15) is 4.79 Å². The third-order valence-corrected chi connectivity index (χ3v) is 6.79. The van der Waals surface area contributed by atoms with Crippen LogP contribution in [0.15, 0.2) is 34.7 Å². The van der Waals surface area contributed by atoms with Crippen LogP contribution in [0.1, 0.15) is 86.1 Å². The monoisotopic (exact) mass is 508 g/mol. The second kappa shape index (κ2) is 17.2. The standard InChI is InChI=1S/C23H34N2OS2.C2H2O4/c1-4-5-14-24-15-8-6-7-9-16-28-23-19(12-13-20(25-23)18(2)3)22(26)21-11-10-17-27-21;3-1(4)2(5)6/h10-13,17-18,24H,4-9,14-16H2,1-3H3;(H,3,4)(H,5,6). The number of carbonyl (C=O) groups is 3. The molecule has 0 aliphatic carbocycles. The number of aromatic nitrogens is 1. The number of hydrogen-bond donors (Lipinski definition) is 3. The van der Waals surface area contributed by atoms with E-state index in [0.717, 1.165) is 40.0 Å². The summed E-state index contributed by atoms with van der Waals surface area (Å²) in [5.41, 5.74) is 1.81. The predicted octanol–water partition coefficient (Wildman–Crippen LogP) is 5.70. The average molecular weight is 509 g/mol. The lowest BCUT2D eigenvalue weighted by molar-refractivity contribution is -0.159. The minimum absolute atomic E-state index is 0.0958. The van der Waals surface area contributed by atoms with Crippen molar-refractivity contribution in [2.45, 2.75) is 70.2 Å². The summed E-state index contributed by atoms with van der Waals surface area (Å²) in [4.78, 5) is 36.6. The number of hydrogen-bond acceptors (Lipinski definition) is 7. The van der Waals surface area contributed by atoms with Crippen molar-refractivity contribution in [1.82, 2.24) is 10.3 Å². The lowest BCUT2D eigenvalue weighted by Gasteiger charge is -2.11. The predicted molar refractivity (Wildman–Crippen MR) is 138 cm³/mol. The van der Waals surface area contributed by atoms with Gasteiger partial charge in [0.2, 0.25) is 5.78 Å². The summed E-state index contributed by atoms with van der Waals surface area (Å²) in [5, 5.41) is 21.1. The van der Waals surface area contributed by atoms with E-state index in [-0.39, 0.29) is 5.78 Å². The first-order valence-corrected chi connectivity index (χ1v) is 13.5. The molecule has 0 aliphatic heterocycles. The molecule has 3 N–H and O–H groups in total. The summed E-state index contributed by atoms with van der Waals surface area (Å²) in [6.07, 6.45) is 7.44. The van der Waals surface area contributed by atoms with Crippen LogP contribution in [0.4, 0.5) is 0 Å². The molecule has 2 heterocycles. The number of nitrogens with one attached hydrogen (secondary N) is 1. The molecule has 188 valence electrons. The number of thioether (sulfide) groups is 1. The van der Waals surface area contributed by atoms with Crippen molar-refractivity contribution in [2.75, 3.05) is 18.8 Å². The van der Waals surface area contributed by atoms with Gasteiger partial charge in [0.05, 0.1) is 10.4 Å². The molecule has 0 atom stereocenters. The Bertz CT molecular complexity index is 873. The van der Waals surface area contributed by atoms with Crippen molar-refractivity contribution in [3.8, 4) is 0 Å². The Morgan fingerprint density at radius 2 is 1.68 bits per heavy atom. The zero-order valence-corrected chi connectivity index (χ0v) is 21.8. The topological polar surface area (TPSA) is 117 Å². The Kier molecular flexibility index (Phi) is 15.1. The van der Waals surface area contributed by atoms with Crippen molar-refractivity contribution in [1.29, 1.82) is 0 Å². The highest BCUT2D eigenvalue weighted by molar-refractivity contribution is 7.99. The van der Waals surface area contributed by atoms with Gasteiger partial charge in [0.15, 0.2) is 0 Å². The first-order chi connectivity index (χ1) is 16.3. The van der Waals surface area contributed by atoms with Crippen LogP contribution in [0.2, 0.25) is 0 Å². The van der Waals surface area contributed by atoms with Crippen LogP contribution in [0, 0.1) is 0 Å². The summed E-state index contributed by atoms with van der Waals surface area (Å²) in [6.45, 7) is 8.79. The van der Waals surface area contributed by atoms with E-state index in [1.165, 1.54) is 49.9 Å². The van der Waals surface area contributed by atoms with E-state index < -0.39 is 11.9 Å². The number of ketones is 1. The zero-order chi connectivity index (χ0) is 25.3. The minimum atomic E-state index is -1.82. The average Bonchev–Trinajstić information content (AvgIpc) is 3.35. The molecule has 0 fully saturated rings. The van der Waals surface area contributed by atoms with E-state index in [4.69, 9.17) is 24.8 Å². The van der Waals surface area contributed by atoms with E-state index in [1.54, 1.807) is 11.8 Å². The van der Waals surface area contributed by atoms with Crippen LogP contribution in [-0.4, -0.2) is 51.8 Å². The van der Waals surface area contributed by atoms with Crippen LogP contribution in [-0.2, 0) is 9.59 Å². The molecule has 2 rings (SSSR count). The number of carboxylic acids is 2. The Morgan fingerprint density at radius 1 is 1.00 bits per heavy atom. The van der Waals surface area contributed by atoms with E-state index in [1.807, 2.05) is 29.6 Å². The van der Waals surface area contributed by atoms with Gasteiger partial charge in [-0.05, 0) is 67.6 Å². The molecule has 0 saturated carbocycles. The largest absolute Gasteiger partial charge is 0.473 e. The van der Waals surface area contributed by atoms with Gasteiger partial charge in [-0.25, -0.2) is 14.6 Å². The third kappa shape index (κ3) is 11.8. The summed E-state index contributed by atoms with van der Waals surface area (Å²) in [7, 11) is 0. The first kappa shape index (κ1) is 29.8. The number of rotatable bonds is 14. The molecular weight excluding hydrogens is 472 g/mol. The highest BCUT2D eigenvalue weighted by Crippen LogP contribution is 2.28. The smallest absolute Gasteiger partial charge is 0.414 e. The number of unbranched alkanes of at least 4 members (excludes halogenated alkanes) is 4. The number of carbonyl (C=O) groups excluding carboxylic acids is 1. The van der Waals surface area contributed by atoms with Crippen molar-refractivity contribution < 1.29 is 24.6 Å². The van der Waals surface area contributed by atoms with E-state index >= 15 is 0 Å². The van der Waals surface area contributed by atoms with Gasteiger partial charge in [-0.2, -0.15) is 0 Å². The lowest BCUT2D eigenvalue weighted by Crippen LogP contribution is -2.16. The molecule has 34 heavy (non-hydrogen) atoms. The van der Waals surface area contributed by atoms with Crippen LogP contribution in [0.5, 0.6) is 0 Å². The zero-order valence-electron chi connectivity index (χ0n) is 20.2. The van der Waals surface area contributed by atoms with Crippen molar-refractivity contribution in [3.05, 3.63) is 45.8 Å². The maximum absolute atomic E-state index is 12.8. The van der Waals surface area contributed by atoms with Gasteiger partial charge in [-0.1, -0.05) is 46.1 Å². The molecule has 0 unspecified atom stereocenters. The van der Waals surface area contributed by atoms with Crippen LogP contribution in [0.3, 0.4) is 0 Å². The third-order valence-electron chi connectivity index (χ3n) is 4.84. The number of pyridine rings is 1. The second-order valence-electron chi connectivity index (χ2n) is 8.03. The maximum atomic E-state index is 12.8. The second-order valence-corrected chi connectivity index (χ2v) is 10.1. The van der Waals surface area contributed by atoms with Gasteiger partial charge < -0.3 is 15.5 Å². The summed E-state index contributed by atoms with van der Waals surface area (Å²) in [5.74, 6) is -2.17. The Hall–Kier alpha value is -2.23. The molecule has 7 nitrogen and oxygen atoms in total. The number of thiophene rings is 1. The van der Waals surface area contributed by atoms with Crippen molar-refractivity contribution in [3.63, 3.8) is 0 Å². The van der Waals surface area contributed by atoms with Gasteiger partial charge in [-0.15, -0.1) is 23.1 Å². The molecule has 0 spiro atoms. The Balaban J connectivity index is 0.000000852. The van der Waals surface area contributed by atoms with Gasteiger partial charge in [0.25, 0.3) is 0 Å². The first-order valence-electron chi connectivity index (χ1n) is 11.7. The van der Waals surface area contributed by atoms with Crippen molar-refractivity contribution in [2.24, 2.45) is 0 Å². The number of aliphatic carboxylic acids is 2. The molecular formula is C25H36N2O5S2. The van der Waals surface area contributed by atoms with Crippen LogP contribution in [0.25, 0.3) is 0 Å². The van der Waals surface area contributed by atoms with E-state index in [2.05, 4.69) is 26.1 Å². The van der Waals surface area contributed by atoms with Gasteiger partial charge >= 0.3 is 11.9 Å². The fraction of sp³-hybridized carbons (Fsp3) is 0.520. The molecule has 0 saturated heterocycles. The molecule has 2 aromatic heterocycles. The normalized spacial score (nSPS) is 10.6. The fourth-order valence-electron chi connectivity index (χ4n) is 2.90. The minimum Gasteiger partial charge on any atom is -0.473 e. The molecule has 0 bridgehead atoms. The SMILES string of the molecule is CCCCNCCCCCCSc1nc(C(C)C)ccc1C(=O)c1cccs1.O=C(O)C(=O)O. The number of carboxylic acid groups (broad SMARTS) is 2. The van der Waals surface area contributed by atoms with Crippen molar-refractivity contribution >= 4 is 40.8 Å². The van der Waals surface area contributed by atoms with E-state index in [0.29, 0.717) is 5.92 Å². The molecule has 9 heteroatoms. The number of nitrogens with zero attached hydrogens (tertiary/aromatic N) is 1. The maximum Gasteiger partial charge on any atom is 0.414 e. The van der Waals surface area contributed by atoms with Gasteiger partial charge in [0, 0.05) is 5.69 Å². The van der Waals surface area contributed by atoms with Gasteiger partial charge in [-0.3, -0.25) is 4.79 Å². The summed E-state index contributed by atoms with van der Waals surface area (Å²) < 4.78 is 0.